The summed E-state index contributed by atoms with van der Waals surface area (Å²) in [6, 6.07) is 3.80. The van der Waals surface area contributed by atoms with Crippen molar-refractivity contribution in [2.75, 3.05) is 0 Å². The summed E-state index contributed by atoms with van der Waals surface area (Å²) >= 11 is 0. The fourth-order valence-electron chi connectivity index (χ4n) is 2.74. The number of hydrogen-bond acceptors (Lipinski definition) is 1. The van der Waals surface area contributed by atoms with Crippen LogP contribution in [0.3, 0.4) is 0 Å². The molecule has 2 unspecified atom stereocenters. The molecule has 1 aliphatic rings. The van der Waals surface area contributed by atoms with Crippen LogP contribution in [0.1, 0.15) is 41.9 Å². The van der Waals surface area contributed by atoms with Crippen molar-refractivity contribution in [1.29, 1.82) is 0 Å². The van der Waals surface area contributed by atoms with E-state index in [1.165, 1.54) is 0 Å². The highest BCUT2D eigenvalue weighted by atomic mass is 19.1. The summed E-state index contributed by atoms with van der Waals surface area (Å²) in [5.74, 6) is 0.153. The third-order valence-electron chi connectivity index (χ3n) is 3.42. The van der Waals surface area contributed by atoms with E-state index in [2.05, 4.69) is 0 Å². The van der Waals surface area contributed by atoms with Gasteiger partial charge in [0.15, 0.2) is 0 Å². The van der Waals surface area contributed by atoms with Crippen molar-refractivity contribution in [2.45, 2.75) is 45.1 Å². The Labute approximate surface area is 90.5 Å². The van der Waals surface area contributed by atoms with Gasteiger partial charge in [-0.05, 0) is 49.4 Å². The molecule has 1 aromatic carbocycles. The summed E-state index contributed by atoms with van der Waals surface area (Å²) < 4.78 is 13.9. The van der Waals surface area contributed by atoms with Crippen molar-refractivity contribution in [1.82, 2.24) is 0 Å². The second-order valence-electron chi connectivity index (χ2n) is 4.68. The van der Waals surface area contributed by atoms with Gasteiger partial charge < -0.3 is 5.73 Å². The van der Waals surface area contributed by atoms with Crippen LogP contribution in [-0.4, -0.2) is 6.04 Å². The molecule has 2 rings (SSSR count). The van der Waals surface area contributed by atoms with Gasteiger partial charge in [0.2, 0.25) is 0 Å². The molecule has 0 radical (unpaired) electrons. The Morgan fingerprint density at radius 1 is 1.27 bits per heavy atom. The normalized spacial score (nSPS) is 25.9. The SMILES string of the molecule is Cc1cc(C)c(C2CCCC2N)c(F)c1. The molecule has 0 amide bonds. The number of rotatable bonds is 1. The number of aryl methyl sites for hydroxylation is 2. The summed E-state index contributed by atoms with van der Waals surface area (Å²) in [5, 5.41) is 0. The van der Waals surface area contributed by atoms with Crippen LogP contribution < -0.4 is 5.73 Å². The summed E-state index contributed by atoms with van der Waals surface area (Å²) in [6.07, 6.45) is 3.18. The molecule has 1 fully saturated rings. The molecule has 15 heavy (non-hydrogen) atoms. The smallest absolute Gasteiger partial charge is 0.127 e. The van der Waals surface area contributed by atoms with Crippen LogP contribution in [0.4, 0.5) is 4.39 Å². The molecule has 0 aliphatic heterocycles. The van der Waals surface area contributed by atoms with Crippen molar-refractivity contribution in [3.05, 3.63) is 34.6 Å². The minimum absolute atomic E-state index is 0.0742. The van der Waals surface area contributed by atoms with Crippen LogP contribution >= 0.6 is 0 Å². The average Bonchev–Trinajstić information content (AvgIpc) is 2.50. The van der Waals surface area contributed by atoms with E-state index in [-0.39, 0.29) is 17.8 Å². The lowest BCUT2D eigenvalue weighted by Gasteiger charge is -2.19. The predicted octanol–water partition coefficient (Wildman–Crippen LogP) is 3.04. The molecule has 82 valence electrons. The van der Waals surface area contributed by atoms with Gasteiger partial charge in [-0.2, -0.15) is 0 Å². The van der Waals surface area contributed by atoms with Gasteiger partial charge in [-0.1, -0.05) is 12.5 Å². The number of hydrogen-bond donors (Lipinski definition) is 1. The van der Waals surface area contributed by atoms with Crippen molar-refractivity contribution in [3.63, 3.8) is 0 Å². The molecule has 1 aromatic rings. The molecule has 0 saturated heterocycles. The first-order valence-electron chi connectivity index (χ1n) is 5.62. The molecular weight excluding hydrogens is 189 g/mol. The van der Waals surface area contributed by atoms with Crippen LogP contribution in [0, 0.1) is 19.7 Å². The van der Waals surface area contributed by atoms with Crippen molar-refractivity contribution in [2.24, 2.45) is 5.73 Å². The van der Waals surface area contributed by atoms with Crippen LogP contribution in [-0.2, 0) is 0 Å². The molecule has 1 saturated carbocycles. The van der Waals surface area contributed by atoms with E-state index in [1.807, 2.05) is 19.9 Å². The molecule has 2 atom stereocenters. The Balaban J connectivity index is 2.43. The van der Waals surface area contributed by atoms with E-state index < -0.39 is 0 Å². The van der Waals surface area contributed by atoms with Crippen LogP contribution in [0.5, 0.6) is 0 Å². The molecule has 0 bridgehead atoms. The Bertz CT molecular complexity index is 350. The first kappa shape index (κ1) is 10.6. The predicted molar refractivity (Wildman–Crippen MR) is 60.4 cm³/mol. The molecular formula is C13H18FN. The van der Waals surface area contributed by atoms with Gasteiger partial charge in [0, 0.05) is 12.0 Å². The first-order chi connectivity index (χ1) is 7.09. The Kier molecular flexibility index (Phi) is 2.79. The molecule has 1 aliphatic carbocycles. The molecule has 0 heterocycles. The Hall–Kier alpha value is -0.890. The summed E-state index contributed by atoms with van der Waals surface area (Å²) in [7, 11) is 0. The van der Waals surface area contributed by atoms with E-state index in [0.717, 1.165) is 36.0 Å². The third kappa shape index (κ3) is 1.91. The maximum atomic E-state index is 13.9. The van der Waals surface area contributed by atoms with Gasteiger partial charge in [0.05, 0.1) is 0 Å². The largest absolute Gasteiger partial charge is 0.327 e. The fourth-order valence-corrected chi connectivity index (χ4v) is 2.74. The lowest BCUT2D eigenvalue weighted by Crippen LogP contribution is -2.24. The van der Waals surface area contributed by atoms with Gasteiger partial charge in [-0.25, -0.2) is 4.39 Å². The molecule has 0 aromatic heterocycles. The Morgan fingerprint density at radius 3 is 2.53 bits per heavy atom. The molecule has 0 spiro atoms. The molecule has 1 nitrogen and oxygen atoms in total. The zero-order valence-electron chi connectivity index (χ0n) is 9.39. The zero-order valence-corrected chi connectivity index (χ0v) is 9.39. The molecule has 2 heteroatoms. The van der Waals surface area contributed by atoms with Crippen LogP contribution in [0.25, 0.3) is 0 Å². The standard InChI is InChI=1S/C13H18FN/c1-8-6-9(2)13(11(14)7-8)10-4-3-5-12(10)15/h6-7,10,12H,3-5,15H2,1-2H3. The summed E-state index contributed by atoms with van der Waals surface area (Å²) in [4.78, 5) is 0. The van der Waals surface area contributed by atoms with E-state index in [9.17, 15) is 4.39 Å². The highest BCUT2D eigenvalue weighted by Crippen LogP contribution is 2.36. The molecule has 2 N–H and O–H groups in total. The Morgan fingerprint density at radius 2 is 2.00 bits per heavy atom. The lowest BCUT2D eigenvalue weighted by molar-refractivity contribution is 0.545. The van der Waals surface area contributed by atoms with Crippen molar-refractivity contribution >= 4 is 0 Å². The monoisotopic (exact) mass is 207 g/mol. The highest BCUT2D eigenvalue weighted by molar-refractivity contribution is 5.36. The van der Waals surface area contributed by atoms with Gasteiger partial charge >= 0.3 is 0 Å². The van der Waals surface area contributed by atoms with Crippen molar-refractivity contribution < 1.29 is 4.39 Å². The number of benzene rings is 1. The summed E-state index contributed by atoms with van der Waals surface area (Å²) in [5.41, 5.74) is 8.91. The highest BCUT2D eigenvalue weighted by Gasteiger charge is 2.28. The minimum Gasteiger partial charge on any atom is -0.327 e. The second-order valence-corrected chi connectivity index (χ2v) is 4.68. The van der Waals surface area contributed by atoms with Gasteiger partial charge in [-0.15, -0.1) is 0 Å². The minimum atomic E-state index is -0.0742. The number of nitrogens with two attached hydrogens (primary N) is 1. The van der Waals surface area contributed by atoms with Gasteiger partial charge in [-0.3, -0.25) is 0 Å². The third-order valence-corrected chi connectivity index (χ3v) is 3.42. The topological polar surface area (TPSA) is 26.0 Å². The van der Waals surface area contributed by atoms with E-state index >= 15 is 0 Å². The zero-order chi connectivity index (χ0) is 11.0. The lowest BCUT2D eigenvalue weighted by atomic mass is 9.89. The quantitative estimate of drug-likeness (QED) is 0.752. The first-order valence-corrected chi connectivity index (χ1v) is 5.62. The van der Waals surface area contributed by atoms with E-state index in [1.54, 1.807) is 6.07 Å². The summed E-state index contributed by atoms with van der Waals surface area (Å²) in [6.45, 7) is 3.91. The fraction of sp³-hybridized carbons (Fsp3) is 0.538. The van der Waals surface area contributed by atoms with Crippen molar-refractivity contribution in [3.8, 4) is 0 Å². The van der Waals surface area contributed by atoms with Crippen LogP contribution in [0.15, 0.2) is 12.1 Å². The van der Waals surface area contributed by atoms with E-state index in [4.69, 9.17) is 5.73 Å². The maximum absolute atomic E-state index is 13.9. The van der Waals surface area contributed by atoms with Gasteiger partial charge in [0.1, 0.15) is 5.82 Å². The maximum Gasteiger partial charge on any atom is 0.127 e. The van der Waals surface area contributed by atoms with Crippen LogP contribution in [0.2, 0.25) is 0 Å². The number of halogens is 1. The average molecular weight is 207 g/mol. The van der Waals surface area contributed by atoms with Gasteiger partial charge in [0.25, 0.3) is 0 Å². The van der Waals surface area contributed by atoms with E-state index in [0.29, 0.717) is 0 Å². The second kappa shape index (κ2) is 3.93.